The van der Waals surface area contributed by atoms with Gasteiger partial charge < -0.3 is 0 Å². The molecule has 7 aromatic rings. The molecule has 2 aliphatic carbocycles. The lowest BCUT2D eigenvalue weighted by Gasteiger charge is -2.46. The van der Waals surface area contributed by atoms with E-state index in [1.165, 1.54) is 44.5 Å². The summed E-state index contributed by atoms with van der Waals surface area (Å²) in [5, 5.41) is 9.64. The van der Waals surface area contributed by atoms with E-state index < -0.39 is 5.41 Å². The van der Waals surface area contributed by atoms with E-state index in [9.17, 15) is 5.26 Å². The summed E-state index contributed by atoms with van der Waals surface area (Å²) in [6.07, 6.45) is 0. The monoisotopic (exact) mass is 612 g/mol. The van der Waals surface area contributed by atoms with Gasteiger partial charge in [0.1, 0.15) is 0 Å². The average Bonchev–Trinajstić information content (AvgIpc) is 3.44. The van der Waals surface area contributed by atoms with Crippen LogP contribution in [0.25, 0.3) is 44.8 Å². The van der Waals surface area contributed by atoms with Crippen LogP contribution >= 0.6 is 0 Å². The second kappa shape index (κ2) is 10.5. The van der Waals surface area contributed by atoms with Crippen LogP contribution in [0.1, 0.15) is 52.8 Å². The molecule has 0 fully saturated rings. The molecule has 48 heavy (non-hydrogen) atoms. The predicted molar refractivity (Wildman–Crippen MR) is 195 cm³/mol. The molecule has 1 aromatic heterocycles. The lowest BCUT2D eigenvalue weighted by atomic mass is 9.55. The molecule has 2 heteroatoms. The number of hydrogen-bond acceptors (Lipinski definition) is 2. The molecule has 0 aliphatic heterocycles. The van der Waals surface area contributed by atoms with Crippen molar-refractivity contribution < 1.29 is 0 Å². The normalized spacial score (nSPS) is 14.4. The highest BCUT2D eigenvalue weighted by molar-refractivity contribution is 5.91. The summed E-state index contributed by atoms with van der Waals surface area (Å²) in [7, 11) is 0. The van der Waals surface area contributed by atoms with Gasteiger partial charge in [0, 0.05) is 16.5 Å². The topological polar surface area (TPSA) is 36.7 Å². The highest BCUT2D eigenvalue weighted by Gasteiger charge is 2.53. The molecule has 0 amide bonds. The fourth-order valence-electron chi connectivity index (χ4n) is 8.39. The number of aromatic nitrogens is 1. The Hall–Kier alpha value is -6.04. The van der Waals surface area contributed by atoms with E-state index >= 15 is 0 Å². The molecule has 0 bridgehead atoms. The van der Waals surface area contributed by atoms with Gasteiger partial charge in [-0.15, -0.1) is 0 Å². The third-order valence-electron chi connectivity index (χ3n) is 10.6. The summed E-state index contributed by atoms with van der Waals surface area (Å²) in [6, 6.07) is 58.7. The number of hydrogen-bond donors (Lipinski definition) is 0. The number of nitriles is 1. The van der Waals surface area contributed by atoms with Crippen LogP contribution in [0, 0.1) is 11.3 Å². The first-order valence-corrected chi connectivity index (χ1v) is 16.5. The summed E-state index contributed by atoms with van der Waals surface area (Å²) < 4.78 is 0. The first kappa shape index (κ1) is 28.2. The van der Waals surface area contributed by atoms with Gasteiger partial charge in [0.05, 0.1) is 28.4 Å². The van der Waals surface area contributed by atoms with Gasteiger partial charge in [0.15, 0.2) is 0 Å². The van der Waals surface area contributed by atoms with Crippen LogP contribution in [0.5, 0.6) is 0 Å². The molecule has 1 spiro atoms. The van der Waals surface area contributed by atoms with E-state index in [1.54, 1.807) is 0 Å². The molecule has 6 aromatic carbocycles. The van der Waals surface area contributed by atoms with E-state index in [2.05, 4.69) is 141 Å². The summed E-state index contributed by atoms with van der Waals surface area (Å²) in [5.41, 5.74) is 16.7. The van der Waals surface area contributed by atoms with Crippen LogP contribution < -0.4 is 0 Å². The van der Waals surface area contributed by atoms with Crippen LogP contribution in [-0.2, 0) is 10.8 Å². The molecule has 0 atom stereocenters. The Kier molecular flexibility index (Phi) is 6.16. The third-order valence-corrected chi connectivity index (χ3v) is 10.6. The molecule has 226 valence electrons. The van der Waals surface area contributed by atoms with Crippen LogP contribution in [0.3, 0.4) is 0 Å². The molecule has 9 rings (SSSR count). The van der Waals surface area contributed by atoms with Gasteiger partial charge in [0.25, 0.3) is 0 Å². The van der Waals surface area contributed by atoms with Crippen molar-refractivity contribution in [1.29, 1.82) is 5.26 Å². The Labute approximate surface area is 281 Å². The second-order valence-corrected chi connectivity index (χ2v) is 13.5. The summed E-state index contributed by atoms with van der Waals surface area (Å²) >= 11 is 0. The Morgan fingerprint density at radius 2 is 1.00 bits per heavy atom. The molecular formula is C46H32N2. The van der Waals surface area contributed by atoms with Crippen LogP contribution in [-0.4, -0.2) is 4.98 Å². The fourth-order valence-corrected chi connectivity index (χ4v) is 8.39. The number of benzene rings is 6. The molecule has 0 unspecified atom stereocenters. The minimum Gasteiger partial charge on any atom is -0.248 e. The summed E-state index contributed by atoms with van der Waals surface area (Å²) in [5.74, 6) is 0. The number of nitrogens with zero attached hydrogens (tertiary/aromatic N) is 2. The SMILES string of the molecule is CC1(C)c2ccccc2C2(c3ccccc3-c3cc(-c4cc(-c5cccc(C#N)c5)cc(-c5ccccc5)n4)ccc32)c2ccccc21. The van der Waals surface area contributed by atoms with Crippen molar-refractivity contribution in [3.63, 3.8) is 0 Å². The zero-order valence-corrected chi connectivity index (χ0v) is 26.9. The number of fused-ring (bicyclic) bond motifs is 9. The predicted octanol–water partition coefficient (Wildman–Crippen LogP) is 11.0. The number of rotatable bonds is 3. The van der Waals surface area contributed by atoms with Gasteiger partial charge in [-0.25, -0.2) is 4.98 Å². The smallest absolute Gasteiger partial charge is 0.0991 e. The van der Waals surface area contributed by atoms with Crippen LogP contribution in [0.2, 0.25) is 0 Å². The molecular weight excluding hydrogens is 581 g/mol. The zero-order chi connectivity index (χ0) is 32.5. The standard InChI is InChI=1S/C46H32N2/c1-45(2)39-19-8-10-21-41(39)46(42-22-11-9-20-40(42)45)37-18-7-6-17-35(37)36-26-33(23-24-38(36)46)44-28-34(32-16-12-13-30(25-32)29-47)27-43(48-44)31-14-4-3-5-15-31/h3-28H,1-2H3. The van der Waals surface area contributed by atoms with E-state index in [4.69, 9.17) is 4.98 Å². The quantitative estimate of drug-likeness (QED) is 0.199. The van der Waals surface area contributed by atoms with Gasteiger partial charge >= 0.3 is 0 Å². The van der Waals surface area contributed by atoms with E-state index in [0.29, 0.717) is 5.56 Å². The van der Waals surface area contributed by atoms with Crippen molar-refractivity contribution >= 4 is 0 Å². The minimum absolute atomic E-state index is 0.128. The molecule has 0 saturated heterocycles. The Bertz CT molecular complexity index is 2390. The van der Waals surface area contributed by atoms with Crippen LogP contribution in [0.4, 0.5) is 0 Å². The maximum atomic E-state index is 9.64. The molecule has 0 saturated carbocycles. The average molecular weight is 613 g/mol. The minimum atomic E-state index is -0.421. The molecule has 2 aliphatic rings. The van der Waals surface area contributed by atoms with Gasteiger partial charge in [-0.3, -0.25) is 0 Å². The van der Waals surface area contributed by atoms with E-state index in [0.717, 1.165) is 33.6 Å². The molecule has 0 N–H and O–H groups in total. The summed E-state index contributed by atoms with van der Waals surface area (Å²) in [4.78, 5) is 5.25. The number of pyridine rings is 1. The van der Waals surface area contributed by atoms with Crippen molar-refractivity contribution in [2.45, 2.75) is 24.7 Å². The van der Waals surface area contributed by atoms with Gasteiger partial charge in [-0.1, -0.05) is 141 Å². The largest absolute Gasteiger partial charge is 0.248 e. The van der Waals surface area contributed by atoms with Crippen molar-refractivity contribution in [3.05, 3.63) is 197 Å². The fraction of sp³-hybridized carbons (Fsp3) is 0.0870. The highest BCUT2D eigenvalue weighted by atomic mass is 14.7. The van der Waals surface area contributed by atoms with Crippen molar-refractivity contribution in [3.8, 4) is 50.8 Å². The second-order valence-electron chi connectivity index (χ2n) is 13.5. The maximum Gasteiger partial charge on any atom is 0.0991 e. The van der Waals surface area contributed by atoms with Gasteiger partial charge in [-0.05, 0) is 86.0 Å². The van der Waals surface area contributed by atoms with E-state index in [1.807, 2.05) is 36.4 Å². The molecule has 0 radical (unpaired) electrons. The zero-order valence-electron chi connectivity index (χ0n) is 26.9. The van der Waals surface area contributed by atoms with Crippen molar-refractivity contribution in [1.82, 2.24) is 4.98 Å². The van der Waals surface area contributed by atoms with Crippen LogP contribution in [0.15, 0.2) is 158 Å². The van der Waals surface area contributed by atoms with Gasteiger partial charge in [-0.2, -0.15) is 5.26 Å². The van der Waals surface area contributed by atoms with E-state index in [-0.39, 0.29) is 5.41 Å². The Morgan fingerprint density at radius 3 is 1.69 bits per heavy atom. The third kappa shape index (κ3) is 3.95. The molecule has 1 heterocycles. The first-order chi connectivity index (χ1) is 23.5. The van der Waals surface area contributed by atoms with Crippen molar-refractivity contribution in [2.75, 3.05) is 0 Å². The maximum absolute atomic E-state index is 9.64. The van der Waals surface area contributed by atoms with Gasteiger partial charge in [0.2, 0.25) is 0 Å². The highest BCUT2D eigenvalue weighted by Crippen LogP contribution is 2.62. The Morgan fingerprint density at radius 1 is 0.438 bits per heavy atom. The van der Waals surface area contributed by atoms with Crippen molar-refractivity contribution in [2.24, 2.45) is 0 Å². The lowest BCUT2D eigenvalue weighted by Crippen LogP contribution is -2.40. The Balaban J connectivity index is 1.31. The summed E-state index contributed by atoms with van der Waals surface area (Å²) in [6.45, 7) is 4.72. The lowest BCUT2D eigenvalue weighted by molar-refractivity contribution is 0.563. The first-order valence-electron chi connectivity index (χ1n) is 16.5. The molecule has 2 nitrogen and oxygen atoms in total.